The fourth-order valence-corrected chi connectivity index (χ4v) is 4.39. The average Bonchev–Trinajstić information content (AvgIpc) is 3.20. The van der Waals surface area contributed by atoms with Gasteiger partial charge in [-0.3, -0.25) is 0 Å². The van der Waals surface area contributed by atoms with Crippen LogP contribution in [0.2, 0.25) is 0 Å². The fraction of sp³-hybridized carbons (Fsp3) is 0.143. The molecule has 172 valence electrons. The van der Waals surface area contributed by atoms with Crippen molar-refractivity contribution in [3.63, 3.8) is 0 Å². The van der Waals surface area contributed by atoms with Gasteiger partial charge in [-0.2, -0.15) is 0 Å². The van der Waals surface area contributed by atoms with Crippen LogP contribution >= 0.6 is 0 Å². The summed E-state index contributed by atoms with van der Waals surface area (Å²) in [7, 11) is 4.04. The molecule has 1 atom stereocenters. The summed E-state index contributed by atoms with van der Waals surface area (Å²) in [5.41, 5.74) is 1.68. The molecule has 0 fully saturated rings. The zero-order valence-electron chi connectivity index (χ0n) is 19.2. The Kier molecular flexibility index (Phi) is 6.50. The van der Waals surface area contributed by atoms with Crippen molar-refractivity contribution in [1.29, 1.82) is 0 Å². The molecule has 1 N–H and O–H groups in total. The van der Waals surface area contributed by atoms with Crippen molar-refractivity contribution in [3.8, 4) is 0 Å². The summed E-state index contributed by atoms with van der Waals surface area (Å²) < 4.78 is 16.3. The van der Waals surface area contributed by atoms with Gasteiger partial charge in [0.1, 0.15) is 5.57 Å². The Morgan fingerprint density at radius 2 is 1.24 bits per heavy atom. The van der Waals surface area contributed by atoms with Crippen molar-refractivity contribution in [2.75, 3.05) is 26.6 Å². The summed E-state index contributed by atoms with van der Waals surface area (Å²) in [6.07, 6.45) is 0. The Morgan fingerprint density at radius 1 is 0.706 bits per heavy atom. The number of hydrogen-bond acceptors (Lipinski definition) is 6. The number of ether oxygens (including phenoxy) is 3. The van der Waals surface area contributed by atoms with E-state index in [-0.39, 0.29) is 11.3 Å². The SMILES string of the molecule is COC(=O)C1=C(OC)C(Nc2ccccc2)(C(=O)OC)C(c2ccccc2)=C1c1ccccc1. The number of nitrogens with one attached hydrogen (secondary N) is 1. The van der Waals surface area contributed by atoms with Crippen molar-refractivity contribution in [2.45, 2.75) is 5.54 Å². The average molecular weight is 456 g/mol. The lowest BCUT2D eigenvalue weighted by Gasteiger charge is -2.34. The molecule has 0 radical (unpaired) electrons. The number of esters is 2. The summed E-state index contributed by atoms with van der Waals surface area (Å²) in [4.78, 5) is 27.0. The van der Waals surface area contributed by atoms with Crippen LogP contribution in [0.15, 0.2) is 102 Å². The molecule has 34 heavy (non-hydrogen) atoms. The molecule has 0 spiro atoms. The van der Waals surface area contributed by atoms with E-state index in [4.69, 9.17) is 14.2 Å². The van der Waals surface area contributed by atoms with E-state index < -0.39 is 17.5 Å². The van der Waals surface area contributed by atoms with Crippen molar-refractivity contribution >= 4 is 28.8 Å². The molecule has 3 aromatic carbocycles. The minimum atomic E-state index is -1.65. The standard InChI is InChI=1S/C28H25NO5/c1-32-25-23(26(30)33-2)22(19-13-7-4-8-14-19)24(20-15-9-5-10-16-20)28(25,27(31)34-3)29-21-17-11-6-12-18-21/h4-18,29H,1-3H3. The highest BCUT2D eigenvalue weighted by atomic mass is 16.5. The number of rotatable bonds is 7. The third-order valence-corrected chi connectivity index (χ3v) is 5.76. The van der Waals surface area contributed by atoms with Crippen LogP contribution in [-0.2, 0) is 23.8 Å². The Bertz CT molecular complexity index is 1250. The van der Waals surface area contributed by atoms with Gasteiger partial charge in [-0.05, 0) is 23.3 Å². The number of carbonyl (C=O) groups is 2. The molecule has 0 aromatic heterocycles. The summed E-state index contributed by atoms with van der Waals surface area (Å²) in [6.45, 7) is 0. The molecule has 4 rings (SSSR count). The first kappa shape index (κ1) is 22.9. The second-order valence-electron chi connectivity index (χ2n) is 7.61. The number of hydrogen-bond donors (Lipinski definition) is 1. The van der Waals surface area contributed by atoms with E-state index in [9.17, 15) is 9.59 Å². The maximum absolute atomic E-state index is 13.7. The van der Waals surface area contributed by atoms with E-state index in [0.717, 1.165) is 11.1 Å². The van der Waals surface area contributed by atoms with E-state index in [0.29, 0.717) is 16.8 Å². The van der Waals surface area contributed by atoms with Gasteiger partial charge in [-0.15, -0.1) is 0 Å². The summed E-state index contributed by atoms with van der Waals surface area (Å²) in [5.74, 6) is -1.14. The lowest BCUT2D eigenvalue weighted by molar-refractivity contribution is -0.143. The predicted molar refractivity (Wildman–Crippen MR) is 131 cm³/mol. The number of carbonyl (C=O) groups excluding carboxylic acids is 2. The normalized spacial score (nSPS) is 17.4. The molecular formula is C28H25NO5. The molecule has 0 saturated carbocycles. The van der Waals surface area contributed by atoms with Gasteiger partial charge in [-0.1, -0.05) is 78.9 Å². The lowest BCUT2D eigenvalue weighted by atomic mass is 9.83. The largest absolute Gasteiger partial charge is 0.497 e. The van der Waals surface area contributed by atoms with Gasteiger partial charge in [-0.25, -0.2) is 9.59 Å². The molecule has 1 aliphatic rings. The Labute approximate surface area is 198 Å². The molecule has 0 heterocycles. The van der Waals surface area contributed by atoms with Gasteiger partial charge >= 0.3 is 11.9 Å². The van der Waals surface area contributed by atoms with E-state index in [2.05, 4.69) is 5.32 Å². The molecule has 0 aliphatic heterocycles. The highest BCUT2D eigenvalue weighted by Crippen LogP contribution is 2.52. The number of anilines is 1. The third-order valence-electron chi connectivity index (χ3n) is 5.76. The number of methoxy groups -OCH3 is 3. The first-order valence-electron chi connectivity index (χ1n) is 10.7. The molecule has 0 amide bonds. The van der Waals surface area contributed by atoms with Crippen LogP contribution in [0, 0.1) is 0 Å². The van der Waals surface area contributed by atoms with Gasteiger partial charge < -0.3 is 19.5 Å². The van der Waals surface area contributed by atoms with Crippen LogP contribution in [0.4, 0.5) is 5.69 Å². The molecule has 6 heteroatoms. The lowest BCUT2D eigenvalue weighted by Crippen LogP contribution is -2.49. The topological polar surface area (TPSA) is 73.9 Å². The summed E-state index contributed by atoms with van der Waals surface area (Å²) >= 11 is 0. The Balaban J connectivity index is 2.17. The second kappa shape index (κ2) is 9.67. The monoisotopic (exact) mass is 455 g/mol. The highest BCUT2D eigenvalue weighted by Gasteiger charge is 2.57. The zero-order chi connectivity index (χ0) is 24.1. The number of benzene rings is 3. The first-order chi connectivity index (χ1) is 16.6. The maximum Gasteiger partial charge on any atom is 0.344 e. The van der Waals surface area contributed by atoms with Crippen LogP contribution < -0.4 is 5.32 Å². The van der Waals surface area contributed by atoms with Crippen molar-refractivity contribution in [1.82, 2.24) is 0 Å². The smallest absolute Gasteiger partial charge is 0.344 e. The zero-order valence-corrected chi connectivity index (χ0v) is 19.2. The third kappa shape index (κ3) is 3.73. The van der Waals surface area contributed by atoms with Crippen molar-refractivity contribution in [2.24, 2.45) is 0 Å². The molecule has 3 aromatic rings. The summed E-state index contributed by atoms with van der Waals surface area (Å²) in [6, 6.07) is 28.0. The van der Waals surface area contributed by atoms with Crippen LogP contribution in [0.5, 0.6) is 0 Å². The van der Waals surface area contributed by atoms with Gasteiger partial charge in [0.15, 0.2) is 5.76 Å². The van der Waals surface area contributed by atoms with Crippen LogP contribution in [-0.4, -0.2) is 38.8 Å². The molecule has 0 bridgehead atoms. The van der Waals surface area contributed by atoms with Crippen molar-refractivity contribution < 1.29 is 23.8 Å². The van der Waals surface area contributed by atoms with Crippen LogP contribution in [0.1, 0.15) is 11.1 Å². The minimum Gasteiger partial charge on any atom is -0.497 e. The molecule has 1 unspecified atom stereocenters. The minimum absolute atomic E-state index is 0.104. The Hall–Kier alpha value is -4.32. The van der Waals surface area contributed by atoms with E-state index in [1.54, 1.807) is 0 Å². The van der Waals surface area contributed by atoms with Gasteiger partial charge in [0.2, 0.25) is 5.54 Å². The first-order valence-corrected chi connectivity index (χ1v) is 10.7. The van der Waals surface area contributed by atoms with E-state index in [1.807, 2.05) is 91.0 Å². The van der Waals surface area contributed by atoms with Crippen molar-refractivity contribution in [3.05, 3.63) is 113 Å². The van der Waals surface area contributed by atoms with Crippen LogP contribution in [0.25, 0.3) is 11.1 Å². The maximum atomic E-state index is 13.7. The van der Waals surface area contributed by atoms with Gasteiger partial charge in [0.05, 0.1) is 21.3 Å². The van der Waals surface area contributed by atoms with Gasteiger partial charge in [0.25, 0.3) is 0 Å². The highest BCUT2D eigenvalue weighted by molar-refractivity contribution is 6.25. The van der Waals surface area contributed by atoms with E-state index >= 15 is 0 Å². The number of para-hydroxylation sites is 1. The fourth-order valence-electron chi connectivity index (χ4n) is 4.39. The van der Waals surface area contributed by atoms with E-state index in [1.165, 1.54) is 21.3 Å². The van der Waals surface area contributed by atoms with Gasteiger partial charge in [0, 0.05) is 16.8 Å². The summed E-state index contributed by atoms with van der Waals surface area (Å²) in [5, 5.41) is 3.34. The molecule has 6 nitrogen and oxygen atoms in total. The second-order valence-corrected chi connectivity index (χ2v) is 7.61. The predicted octanol–water partition coefficient (Wildman–Crippen LogP) is 4.71. The molecule has 1 aliphatic carbocycles. The quantitative estimate of drug-likeness (QED) is 0.520. The molecule has 0 saturated heterocycles. The van der Waals surface area contributed by atoms with Crippen LogP contribution in [0.3, 0.4) is 0 Å². The Morgan fingerprint density at radius 3 is 1.74 bits per heavy atom. The molecular weight excluding hydrogens is 430 g/mol.